The Balaban J connectivity index is 1.04. The van der Waals surface area contributed by atoms with Gasteiger partial charge >= 0.3 is 0 Å². The van der Waals surface area contributed by atoms with Crippen molar-refractivity contribution in [3.63, 3.8) is 0 Å². The van der Waals surface area contributed by atoms with Crippen LogP contribution in [0.1, 0.15) is 47.7 Å². The molecule has 7 rings (SSSR count). The molecule has 186 valence electrons. The van der Waals surface area contributed by atoms with E-state index in [4.69, 9.17) is 27.9 Å². The zero-order valence-corrected chi connectivity index (χ0v) is 20.3. The zero-order chi connectivity index (χ0) is 25.2. The summed E-state index contributed by atoms with van der Waals surface area (Å²) in [7, 11) is 0. The van der Waals surface area contributed by atoms with Crippen molar-refractivity contribution in [1.82, 2.24) is 20.4 Å². The highest BCUT2D eigenvalue weighted by molar-refractivity contribution is 6.31. The number of aromatic nitrogens is 2. The second-order valence-electron chi connectivity index (χ2n) is 9.85. The van der Waals surface area contributed by atoms with Crippen LogP contribution in [0.25, 0.3) is 5.69 Å². The molecule has 11 heteroatoms. The quantitative estimate of drug-likeness (QED) is 0.466. The first kappa shape index (κ1) is 23.3. The van der Waals surface area contributed by atoms with Gasteiger partial charge in [0.2, 0.25) is 0 Å². The van der Waals surface area contributed by atoms with Crippen LogP contribution in [0.15, 0.2) is 48.8 Å². The van der Waals surface area contributed by atoms with Crippen molar-refractivity contribution in [2.45, 2.75) is 49.0 Å². The number of nitrogens with zero attached hydrogens (tertiary/aromatic N) is 2. The Labute approximate surface area is 215 Å². The van der Waals surface area contributed by atoms with Crippen molar-refractivity contribution >= 4 is 35.0 Å². The van der Waals surface area contributed by atoms with E-state index in [1.54, 1.807) is 24.3 Å². The van der Waals surface area contributed by atoms with Crippen LogP contribution in [0, 0.1) is 5.82 Å². The molecule has 0 spiro atoms. The van der Waals surface area contributed by atoms with Crippen molar-refractivity contribution in [2.24, 2.45) is 0 Å². The molecule has 1 aliphatic heterocycles. The fourth-order valence-corrected chi connectivity index (χ4v) is 5.79. The number of aliphatic hydroxyl groups excluding tert-OH is 1. The third kappa shape index (κ3) is 3.91. The van der Waals surface area contributed by atoms with Gasteiger partial charge in [0.25, 0.3) is 11.8 Å². The van der Waals surface area contributed by atoms with Crippen LogP contribution < -0.4 is 15.4 Å². The van der Waals surface area contributed by atoms with Crippen LogP contribution in [0.5, 0.6) is 5.75 Å². The van der Waals surface area contributed by atoms with E-state index in [-0.39, 0.29) is 34.3 Å². The van der Waals surface area contributed by atoms with Gasteiger partial charge < -0.3 is 20.5 Å². The van der Waals surface area contributed by atoms with Gasteiger partial charge in [-0.05, 0) is 49.6 Å². The van der Waals surface area contributed by atoms with Crippen molar-refractivity contribution in [3.8, 4) is 11.4 Å². The van der Waals surface area contributed by atoms with Crippen molar-refractivity contribution in [3.05, 3.63) is 75.8 Å². The van der Waals surface area contributed by atoms with E-state index in [2.05, 4.69) is 15.7 Å². The third-order valence-electron chi connectivity index (χ3n) is 7.14. The van der Waals surface area contributed by atoms with Crippen LogP contribution in [0.2, 0.25) is 10.0 Å². The lowest BCUT2D eigenvalue weighted by atomic mass is 9.44. The summed E-state index contributed by atoms with van der Waals surface area (Å²) in [5.74, 6) is -0.699. The first-order valence-electron chi connectivity index (χ1n) is 11.4. The number of ether oxygens (including phenoxy) is 1. The molecule has 0 radical (unpaired) electrons. The minimum absolute atomic E-state index is 0.00877. The Morgan fingerprint density at radius 2 is 1.86 bits per heavy atom. The molecule has 4 aliphatic rings. The normalized spacial score (nSPS) is 27.7. The van der Waals surface area contributed by atoms with Crippen LogP contribution >= 0.6 is 23.2 Å². The van der Waals surface area contributed by atoms with Crippen molar-refractivity contribution in [2.75, 3.05) is 0 Å². The molecule has 2 aromatic carbocycles. The highest BCUT2D eigenvalue weighted by Crippen LogP contribution is 2.60. The molecule has 2 heterocycles. The largest absolute Gasteiger partial charge is 0.480 e. The minimum Gasteiger partial charge on any atom is -0.480 e. The maximum atomic E-state index is 13.7. The minimum atomic E-state index is -0.841. The standard InChI is InChI=1S/C25H21Cl2FN4O4/c26-14-1-4-20-16(5-14)19(33)7-21(36-20)23(35)31-25-10-24(11-25,12-25)30-22(34)13-8-29-32(9-13)15-2-3-17(27)18(28)6-15/h1-6,8-9,19,21,33H,7,10-12H2,(H,30,34)(H,31,35)/t19-,21-,24?,25?/m1/s1. The summed E-state index contributed by atoms with van der Waals surface area (Å²) >= 11 is 11.7. The van der Waals surface area contributed by atoms with Crippen LogP contribution in [0.3, 0.4) is 0 Å². The van der Waals surface area contributed by atoms with E-state index in [0.717, 1.165) is 0 Å². The average molecular weight is 531 g/mol. The summed E-state index contributed by atoms with van der Waals surface area (Å²) in [5, 5.41) is 21.2. The number of rotatable bonds is 5. The average Bonchev–Trinajstić information content (AvgIpc) is 3.29. The third-order valence-corrected chi connectivity index (χ3v) is 7.68. The van der Waals surface area contributed by atoms with Crippen LogP contribution in [-0.2, 0) is 4.79 Å². The summed E-state index contributed by atoms with van der Waals surface area (Å²) in [5.41, 5.74) is 0.600. The Kier molecular flexibility index (Phi) is 5.30. The molecule has 3 saturated carbocycles. The van der Waals surface area contributed by atoms with Gasteiger partial charge in [0.15, 0.2) is 6.10 Å². The number of amides is 2. The van der Waals surface area contributed by atoms with E-state index < -0.39 is 18.0 Å². The lowest BCUT2D eigenvalue weighted by molar-refractivity contribution is -0.147. The lowest BCUT2D eigenvalue weighted by Gasteiger charge is -2.70. The second kappa shape index (κ2) is 8.19. The van der Waals surface area contributed by atoms with Crippen LogP contribution in [0.4, 0.5) is 4.39 Å². The first-order chi connectivity index (χ1) is 17.1. The highest BCUT2D eigenvalue weighted by Gasteiger charge is 2.69. The molecule has 0 saturated heterocycles. The molecule has 3 N–H and O–H groups in total. The maximum Gasteiger partial charge on any atom is 0.261 e. The second-order valence-corrected chi connectivity index (χ2v) is 10.7. The van der Waals surface area contributed by atoms with E-state index in [1.165, 1.54) is 29.2 Å². The van der Waals surface area contributed by atoms with Crippen LogP contribution in [-0.4, -0.2) is 43.9 Å². The number of aliphatic hydroxyl groups is 1. The van der Waals surface area contributed by atoms with E-state index in [0.29, 0.717) is 46.8 Å². The van der Waals surface area contributed by atoms with Gasteiger partial charge in [0.05, 0.1) is 28.6 Å². The Morgan fingerprint density at radius 1 is 1.11 bits per heavy atom. The van der Waals surface area contributed by atoms with Gasteiger partial charge in [-0.3, -0.25) is 9.59 Å². The smallest absolute Gasteiger partial charge is 0.261 e. The molecule has 2 atom stereocenters. The molecule has 0 unspecified atom stereocenters. The molecular weight excluding hydrogens is 510 g/mol. The zero-order valence-electron chi connectivity index (χ0n) is 18.8. The molecule has 3 fully saturated rings. The first-order valence-corrected chi connectivity index (χ1v) is 12.2. The summed E-state index contributed by atoms with van der Waals surface area (Å²) in [6.07, 6.45) is 3.25. The molecule has 1 aromatic heterocycles. The molecule has 3 aromatic rings. The van der Waals surface area contributed by atoms with Gasteiger partial charge in [-0.25, -0.2) is 9.07 Å². The van der Waals surface area contributed by atoms with Gasteiger partial charge in [0.1, 0.15) is 11.6 Å². The number of nitrogens with one attached hydrogen (secondary N) is 2. The number of fused-ring (bicyclic) bond motifs is 1. The maximum absolute atomic E-state index is 13.7. The number of hydrogen-bond acceptors (Lipinski definition) is 5. The number of carbonyl (C=O) groups excluding carboxylic acids is 2. The van der Waals surface area contributed by atoms with E-state index >= 15 is 0 Å². The fourth-order valence-electron chi connectivity index (χ4n) is 5.50. The summed E-state index contributed by atoms with van der Waals surface area (Å²) < 4.78 is 21.0. The van der Waals surface area contributed by atoms with Gasteiger partial charge in [-0.2, -0.15) is 5.10 Å². The number of benzene rings is 2. The number of halogens is 3. The highest BCUT2D eigenvalue weighted by atomic mass is 35.5. The topological polar surface area (TPSA) is 105 Å². The van der Waals surface area contributed by atoms with E-state index in [1.807, 2.05) is 0 Å². The summed E-state index contributed by atoms with van der Waals surface area (Å²) in [6.45, 7) is 0. The Hall–Kier alpha value is -3.14. The van der Waals surface area contributed by atoms with Crippen molar-refractivity contribution in [1.29, 1.82) is 0 Å². The molecule has 8 nitrogen and oxygen atoms in total. The monoisotopic (exact) mass is 530 g/mol. The molecular formula is C25H21Cl2FN4O4. The SMILES string of the molecule is O=C(NC12CC(NC(=O)[C@H]3C[C@@H](O)c4cc(Cl)ccc4O3)(C1)C2)c1cnn(-c2ccc(Cl)c(F)c2)c1. The Bertz CT molecular complexity index is 1390. The predicted octanol–water partition coefficient (Wildman–Crippen LogP) is 3.72. The molecule has 2 bridgehead atoms. The van der Waals surface area contributed by atoms with E-state index in [9.17, 15) is 19.1 Å². The number of carbonyl (C=O) groups is 2. The summed E-state index contributed by atoms with van der Waals surface area (Å²) in [6, 6.07) is 9.22. The fraction of sp³-hybridized carbons (Fsp3) is 0.320. The van der Waals surface area contributed by atoms with Gasteiger partial charge in [-0.15, -0.1) is 0 Å². The lowest BCUT2D eigenvalue weighted by Crippen LogP contribution is -2.84. The molecule has 36 heavy (non-hydrogen) atoms. The predicted molar refractivity (Wildman–Crippen MR) is 129 cm³/mol. The molecule has 2 amide bonds. The van der Waals surface area contributed by atoms with Gasteiger partial charge in [-0.1, -0.05) is 23.2 Å². The number of hydrogen-bond donors (Lipinski definition) is 3. The Morgan fingerprint density at radius 3 is 2.61 bits per heavy atom. The summed E-state index contributed by atoms with van der Waals surface area (Å²) in [4.78, 5) is 25.7. The van der Waals surface area contributed by atoms with Crippen molar-refractivity contribution < 1.29 is 23.8 Å². The molecule has 3 aliphatic carbocycles. The van der Waals surface area contributed by atoms with Gasteiger partial charge in [0, 0.05) is 40.3 Å².